The van der Waals surface area contributed by atoms with Crippen LogP contribution in [-0.4, -0.2) is 42.4 Å². The van der Waals surface area contributed by atoms with E-state index in [1.54, 1.807) is 0 Å². The maximum Gasteiger partial charge on any atom is 0.239 e. The highest BCUT2D eigenvalue weighted by atomic mass is 16.2. The molecule has 2 fully saturated rings. The average molecular weight is 343 g/mol. The zero-order valence-electron chi connectivity index (χ0n) is 14.9. The van der Waals surface area contributed by atoms with E-state index in [-0.39, 0.29) is 24.4 Å². The minimum atomic E-state index is 0.0147. The van der Waals surface area contributed by atoms with Gasteiger partial charge in [-0.25, -0.2) is 0 Å². The Morgan fingerprint density at radius 1 is 0.960 bits per heavy atom. The zero-order chi connectivity index (χ0) is 17.5. The maximum atomic E-state index is 12.6. The van der Waals surface area contributed by atoms with E-state index < -0.39 is 0 Å². The van der Waals surface area contributed by atoms with Crippen LogP contribution in [-0.2, 0) is 9.59 Å². The number of rotatable bonds is 5. The summed E-state index contributed by atoms with van der Waals surface area (Å²) in [5.41, 5.74) is 0.950. The molecule has 1 aromatic carbocycles. The lowest BCUT2D eigenvalue weighted by atomic mass is 9.87. The third-order valence-electron chi connectivity index (χ3n) is 5.35. The van der Waals surface area contributed by atoms with Gasteiger partial charge in [0.2, 0.25) is 11.8 Å². The van der Waals surface area contributed by atoms with Gasteiger partial charge in [-0.15, -0.1) is 0 Å². The molecule has 1 heterocycles. The lowest BCUT2D eigenvalue weighted by Gasteiger charge is -2.35. The Labute approximate surface area is 150 Å². The van der Waals surface area contributed by atoms with Gasteiger partial charge in [-0.3, -0.25) is 9.59 Å². The Kier molecular flexibility index (Phi) is 6.31. The predicted molar refractivity (Wildman–Crippen MR) is 99.3 cm³/mol. The smallest absolute Gasteiger partial charge is 0.239 e. The van der Waals surface area contributed by atoms with Crippen molar-refractivity contribution in [2.45, 2.75) is 51.0 Å². The summed E-state index contributed by atoms with van der Waals surface area (Å²) in [6.45, 7) is 1.82. The van der Waals surface area contributed by atoms with Gasteiger partial charge in [-0.1, -0.05) is 37.5 Å². The van der Waals surface area contributed by atoms with Gasteiger partial charge in [0.1, 0.15) is 0 Å². The van der Waals surface area contributed by atoms with Gasteiger partial charge < -0.3 is 15.5 Å². The fourth-order valence-electron chi connectivity index (χ4n) is 3.87. The Balaban J connectivity index is 1.37. The molecule has 1 aliphatic heterocycles. The Morgan fingerprint density at radius 2 is 1.64 bits per heavy atom. The number of piperidine rings is 1. The van der Waals surface area contributed by atoms with E-state index in [0.717, 1.165) is 44.5 Å². The summed E-state index contributed by atoms with van der Waals surface area (Å²) in [4.78, 5) is 26.7. The number of amides is 2. The van der Waals surface area contributed by atoms with E-state index in [9.17, 15) is 9.59 Å². The number of likely N-dealkylation sites (tertiary alicyclic amines) is 1. The van der Waals surface area contributed by atoms with Crippen LogP contribution in [0.3, 0.4) is 0 Å². The number of para-hydroxylation sites is 1. The normalized spacial score (nSPS) is 19.4. The molecule has 25 heavy (non-hydrogen) atoms. The number of hydrogen-bond donors (Lipinski definition) is 2. The SMILES string of the molecule is O=C(CNc1ccccc1)NC1CCN(C(=O)C2CCCCC2)CC1. The summed E-state index contributed by atoms with van der Waals surface area (Å²) in [6, 6.07) is 9.91. The molecule has 1 saturated heterocycles. The Bertz CT molecular complexity index is 562. The van der Waals surface area contributed by atoms with Gasteiger partial charge in [-0.05, 0) is 37.8 Å². The van der Waals surface area contributed by atoms with Crippen LogP contribution in [0.15, 0.2) is 30.3 Å². The molecule has 0 bridgehead atoms. The van der Waals surface area contributed by atoms with Crippen LogP contribution in [0.1, 0.15) is 44.9 Å². The van der Waals surface area contributed by atoms with E-state index in [4.69, 9.17) is 0 Å². The summed E-state index contributed by atoms with van der Waals surface area (Å²) in [5, 5.41) is 6.22. The lowest BCUT2D eigenvalue weighted by Crippen LogP contribution is -2.49. The molecule has 0 aromatic heterocycles. The second-order valence-corrected chi connectivity index (χ2v) is 7.22. The first-order chi connectivity index (χ1) is 12.2. The molecule has 136 valence electrons. The first-order valence-corrected chi connectivity index (χ1v) is 9.59. The Hall–Kier alpha value is -2.04. The fourth-order valence-corrected chi connectivity index (χ4v) is 3.87. The van der Waals surface area contributed by atoms with Crippen molar-refractivity contribution in [3.8, 4) is 0 Å². The summed E-state index contributed by atoms with van der Waals surface area (Å²) < 4.78 is 0. The van der Waals surface area contributed by atoms with Crippen molar-refractivity contribution in [2.24, 2.45) is 5.92 Å². The topological polar surface area (TPSA) is 61.4 Å². The molecule has 2 N–H and O–H groups in total. The number of nitrogens with one attached hydrogen (secondary N) is 2. The molecular weight excluding hydrogens is 314 g/mol. The van der Waals surface area contributed by atoms with Crippen LogP contribution < -0.4 is 10.6 Å². The third-order valence-corrected chi connectivity index (χ3v) is 5.35. The highest BCUT2D eigenvalue weighted by Crippen LogP contribution is 2.26. The predicted octanol–water partition coefficient (Wildman–Crippen LogP) is 2.79. The molecule has 1 aromatic rings. The summed E-state index contributed by atoms with van der Waals surface area (Å²) >= 11 is 0. The largest absolute Gasteiger partial charge is 0.376 e. The molecule has 1 saturated carbocycles. The average Bonchev–Trinajstić information content (AvgIpc) is 2.68. The quantitative estimate of drug-likeness (QED) is 0.864. The summed E-state index contributed by atoms with van der Waals surface area (Å²) in [7, 11) is 0. The van der Waals surface area contributed by atoms with Crippen molar-refractivity contribution in [3.05, 3.63) is 30.3 Å². The van der Waals surface area contributed by atoms with Crippen molar-refractivity contribution in [1.29, 1.82) is 0 Å². The number of anilines is 1. The second kappa shape index (κ2) is 8.88. The van der Waals surface area contributed by atoms with Crippen molar-refractivity contribution in [1.82, 2.24) is 10.2 Å². The molecule has 0 radical (unpaired) electrons. The minimum Gasteiger partial charge on any atom is -0.376 e. The molecule has 0 spiro atoms. The number of carbonyl (C=O) groups is 2. The summed E-state index contributed by atoms with van der Waals surface area (Å²) in [6.07, 6.45) is 7.48. The monoisotopic (exact) mass is 343 g/mol. The lowest BCUT2D eigenvalue weighted by molar-refractivity contribution is -0.137. The molecule has 5 nitrogen and oxygen atoms in total. The van der Waals surface area contributed by atoms with Crippen LogP contribution in [0, 0.1) is 5.92 Å². The van der Waals surface area contributed by atoms with Crippen molar-refractivity contribution in [3.63, 3.8) is 0 Å². The van der Waals surface area contributed by atoms with Gasteiger partial charge in [0.05, 0.1) is 6.54 Å². The molecule has 2 aliphatic rings. The van der Waals surface area contributed by atoms with E-state index >= 15 is 0 Å². The van der Waals surface area contributed by atoms with E-state index in [2.05, 4.69) is 10.6 Å². The van der Waals surface area contributed by atoms with Crippen molar-refractivity contribution < 1.29 is 9.59 Å². The molecule has 1 aliphatic carbocycles. The van der Waals surface area contributed by atoms with E-state index in [0.29, 0.717) is 5.91 Å². The maximum absolute atomic E-state index is 12.6. The molecule has 0 unspecified atom stereocenters. The number of carbonyl (C=O) groups excluding carboxylic acids is 2. The van der Waals surface area contributed by atoms with E-state index in [1.165, 1.54) is 19.3 Å². The van der Waals surface area contributed by atoms with Gasteiger partial charge in [0, 0.05) is 30.7 Å². The van der Waals surface area contributed by atoms with Crippen LogP contribution in [0.2, 0.25) is 0 Å². The minimum absolute atomic E-state index is 0.0147. The molecule has 0 atom stereocenters. The number of nitrogens with zero attached hydrogens (tertiary/aromatic N) is 1. The van der Waals surface area contributed by atoms with Gasteiger partial charge in [0.15, 0.2) is 0 Å². The molecule has 3 rings (SSSR count). The van der Waals surface area contributed by atoms with Crippen LogP contribution in [0.25, 0.3) is 0 Å². The highest BCUT2D eigenvalue weighted by Gasteiger charge is 2.29. The molecule has 2 amide bonds. The highest BCUT2D eigenvalue weighted by molar-refractivity contribution is 5.81. The van der Waals surface area contributed by atoms with Crippen molar-refractivity contribution in [2.75, 3.05) is 25.0 Å². The first-order valence-electron chi connectivity index (χ1n) is 9.59. The van der Waals surface area contributed by atoms with Gasteiger partial charge in [0.25, 0.3) is 0 Å². The van der Waals surface area contributed by atoms with Crippen LogP contribution in [0.5, 0.6) is 0 Å². The molecule has 5 heteroatoms. The fraction of sp³-hybridized carbons (Fsp3) is 0.600. The second-order valence-electron chi connectivity index (χ2n) is 7.22. The van der Waals surface area contributed by atoms with Crippen LogP contribution in [0.4, 0.5) is 5.69 Å². The summed E-state index contributed by atoms with van der Waals surface area (Å²) in [5.74, 6) is 0.603. The van der Waals surface area contributed by atoms with Crippen molar-refractivity contribution >= 4 is 17.5 Å². The zero-order valence-corrected chi connectivity index (χ0v) is 14.9. The van der Waals surface area contributed by atoms with E-state index in [1.807, 2.05) is 35.2 Å². The molecular formula is C20H29N3O2. The van der Waals surface area contributed by atoms with Crippen LogP contribution >= 0.6 is 0 Å². The van der Waals surface area contributed by atoms with Gasteiger partial charge >= 0.3 is 0 Å². The number of benzene rings is 1. The number of hydrogen-bond acceptors (Lipinski definition) is 3. The Morgan fingerprint density at radius 3 is 2.32 bits per heavy atom. The van der Waals surface area contributed by atoms with Gasteiger partial charge in [-0.2, -0.15) is 0 Å². The standard InChI is InChI=1S/C20H29N3O2/c24-19(15-21-17-9-5-2-6-10-17)22-18-11-13-23(14-12-18)20(25)16-7-3-1-4-8-16/h2,5-6,9-10,16,18,21H,1,3-4,7-8,11-15H2,(H,22,24). The first kappa shape index (κ1) is 17.8. The third kappa shape index (κ3) is 5.21.